The summed E-state index contributed by atoms with van der Waals surface area (Å²) in [5, 5.41) is 19.5. The van der Waals surface area contributed by atoms with Crippen molar-refractivity contribution in [2.75, 3.05) is 11.9 Å². The average molecular weight is 478 g/mol. The summed E-state index contributed by atoms with van der Waals surface area (Å²) in [6.07, 6.45) is 3.69. The summed E-state index contributed by atoms with van der Waals surface area (Å²) in [5.41, 5.74) is 4.71. The van der Waals surface area contributed by atoms with Gasteiger partial charge in [-0.05, 0) is 92.4 Å². The SMILES string of the molecule is Cc1c(C)c2c(c(C)c1O)CCC(C)(C(=O)NCCc1ccc(NC=Nc3cccs3)cc1)O2. The third kappa shape index (κ3) is 4.94. The van der Waals surface area contributed by atoms with Gasteiger partial charge in [-0.1, -0.05) is 12.1 Å². The van der Waals surface area contributed by atoms with E-state index in [4.69, 9.17) is 4.74 Å². The summed E-state index contributed by atoms with van der Waals surface area (Å²) in [7, 11) is 0. The molecule has 34 heavy (non-hydrogen) atoms. The highest BCUT2D eigenvalue weighted by Gasteiger charge is 2.40. The van der Waals surface area contributed by atoms with Crippen LogP contribution in [0.25, 0.3) is 0 Å². The first-order valence-electron chi connectivity index (χ1n) is 11.5. The quantitative estimate of drug-likeness (QED) is 0.306. The number of benzene rings is 2. The summed E-state index contributed by atoms with van der Waals surface area (Å²) in [4.78, 5) is 17.4. The summed E-state index contributed by atoms with van der Waals surface area (Å²) in [6, 6.07) is 12.0. The molecule has 1 aromatic heterocycles. The first kappa shape index (κ1) is 23.8. The van der Waals surface area contributed by atoms with Crippen molar-refractivity contribution < 1.29 is 14.6 Å². The number of phenols is 1. The zero-order valence-electron chi connectivity index (χ0n) is 20.1. The van der Waals surface area contributed by atoms with E-state index < -0.39 is 5.60 Å². The van der Waals surface area contributed by atoms with E-state index in [9.17, 15) is 9.90 Å². The van der Waals surface area contributed by atoms with Gasteiger partial charge < -0.3 is 20.5 Å². The molecule has 1 unspecified atom stereocenters. The highest BCUT2D eigenvalue weighted by Crippen LogP contribution is 2.43. The molecule has 6 nitrogen and oxygen atoms in total. The number of hydrogen-bond donors (Lipinski definition) is 3. The Bertz CT molecular complexity index is 1200. The van der Waals surface area contributed by atoms with Crippen LogP contribution in [0, 0.1) is 20.8 Å². The zero-order valence-corrected chi connectivity index (χ0v) is 20.9. The predicted molar refractivity (Wildman–Crippen MR) is 139 cm³/mol. The Balaban J connectivity index is 1.31. The molecule has 3 aromatic rings. The maximum Gasteiger partial charge on any atom is 0.263 e. The second-order valence-corrected chi connectivity index (χ2v) is 9.85. The number of amides is 1. The molecule has 2 heterocycles. The van der Waals surface area contributed by atoms with Crippen molar-refractivity contribution in [1.29, 1.82) is 0 Å². The van der Waals surface area contributed by atoms with Crippen molar-refractivity contribution in [1.82, 2.24) is 5.32 Å². The summed E-state index contributed by atoms with van der Waals surface area (Å²) < 4.78 is 6.27. The third-order valence-electron chi connectivity index (χ3n) is 6.58. The Morgan fingerprint density at radius 3 is 2.65 bits per heavy atom. The minimum Gasteiger partial charge on any atom is -0.507 e. The van der Waals surface area contributed by atoms with E-state index in [1.807, 2.05) is 69.5 Å². The number of aliphatic imine (C=N–C) groups is 1. The molecule has 1 aliphatic heterocycles. The van der Waals surface area contributed by atoms with Crippen molar-refractivity contribution in [3.63, 3.8) is 0 Å². The van der Waals surface area contributed by atoms with Gasteiger partial charge in [0.2, 0.25) is 0 Å². The molecule has 3 N–H and O–H groups in total. The molecule has 4 rings (SSSR count). The lowest BCUT2D eigenvalue weighted by Crippen LogP contribution is -2.51. The number of anilines is 1. The van der Waals surface area contributed by atoms with Gasteiger partial charge in [0.05, 0.1) is 6.34 Å². The van der Waals surface area contributed by atoms with E-state index in [1.165, 1.54) is 0 Å². The molecule has 2 aromatic carbocycles. The van der Waals surface area contributed by atoms with Gasteiger partial charge >= 0.3 is 0 Å². The van der Waals surface area contributed by atoms with Crippen LogP contribution in [-0.4, -0.2) is 29.5 Å². The number of hydrogen-bond acceptors (Lipinski definition) is 5. The van der Waals surface area contributed by atoms with Gasteiger partial charge in [-0.15, -0.1) is 11.3 Å². The monoisotopic (exact) mass is 477 g/mol. The normalized spacial score (nSPS) is 17.3. The summed E-state index contributed by atoms with van der Waals surface area (Å²) in [5.74, 6) is 0.954. The zero-order chi connectivity index (χ0) is 24.3. The fourth-order valence-corrected chi connectivity index (χ4v) is 4.76. The van der Waals surface area contributed by atoms with Gasteiger partial charge in [-0.2, -0.15) is 0 Å². The molecular formula is C27H31N3O3S. The molecule has 7 heteroatoms. The Morgan fingerprint density at radius 1 is 1.18 bits per heavy atom. The number of aromatic hydroxyl groups is 1. The number of phenolic OH excluding ortho intramolecular Hbond substituents is 1. The number of carbonyl (C=O) groups is 1. The van der Waals surface area contributed by atoms with Crippen LogP contribution >= 0.6 is 11.3 Å². The topological polar surface area (TPSA) is 83.0 Å². The molecule has 0 aliphatic carbocycles. The molecule has 0 saturated carbocycles. The first-order chi connectivity index (χ1) is 16.3. The summed E-state index contributed by atoms with van der Waals surface area (Å²) >= 11 is 1.59. The van der Waals surface area contributed by atoms with Gasteiger partial charge in [-0.25, -0.2) is 4.99 Å². The van der Waals surface area contributed by atoms with Crippen LogP contribution in [0.2, 0.25) is 0 Å². The Kier molecular flexibility index (Phi) is 6.93. The third-order valence-corrected chi connectivity index (χ3v) is 7.36. The Hall–Kier alpha value is -3.32. The van der Waals surface area contributed by atoms with Gasteiger partial charge in [0.25, 0.3) is 5.91 Å². The molecule has 0 bridgehead atoms. The predicted octanol–water partition coefficient (Wildman–Crippen LogP) is 5.59. The van der Waals surface area contributed by atoms with E-state index in [0.717, 1.165) is 50.7 Å². The van der Waals surface area contributed by atoms with Gasteiger partial charge in [0, 0.05) is 24.2 Å². The van der Waals surface area contributed by atoms with Crippen molar-refractivity contribution >= 4 is 34.3 Å². The molecule has 1 aliphatic rings. The molecule has 0 radical (unpaired) electrons. The fourth-order valence-electron chi connectivity index (χ4n) is 4.20. The van der Waals surface area contributed by atoms with Crippen molar-refractivity contribution in [3.8, 4) is 11.5 Å². The molecule has 0 saturated heterocycles. The van der Waals surface area contributed by atoms with Crippen molar-refractivity contribution in [2.45, 2.75) is 52.6 Å². The molecule has 1 atom stereocenters. The van der Waals surface area contributed by atoms with Crippen molar-refractivity contribution in [2.24, 2.45) is 4.99 Å². The number of nitrogens with one attached hydrogen (secondary N) is 2. The van der Waals surface area contributed by atoms with Crippen LogP contribution in [0.5, 0.6) is 11.5 Å². The van der Waals surface area contributed by atoms with E-state index in [2.05, 4.69) is 15.6 Å². The van der Waals surface area contributed by atoms with Crippen LogP contribution in [0.1, 0.15) is 41.2 Å². The van der Waals surface area contributed by atoms with E-state index in [-0.39, 0.29) is 5.91 Å². The Morgan fingerprint density at radius 2 is 1.94 bits per heavy atom. The molecule has 0 fully saturated rings. The summed E-state index contributed by atoms with van der Waals surface area (Å²) in [6.45, 7) is 8.10. The lowest BCUT2D eigenvalue weighted by atomic mass is 9.86. The molecule has 1 amide bonds. The minimum absolute atomic E-state index is 0.107. The molecule has 178 valence electrons. The van der Waals surface area contributed by atoms with Crippen LogP contribution in [0.4, 0.5) is 10.7 Å². The van der Waals surface area contributed by atoms with Crippen LogP contribution in [-0.2, 0) is 17.6 Å². The molecular weight excluding hydrogens is 446 g/mol. The number of ether oxygens (including phenoxy) is 1. The average Bonchev–Trinajstić information content (AvgIpc) is 3.36. The van der Waals surface area contributed by atoms with E-state index in [1.54, 1.807) is 17.7 Å². The van der Waals surface area contributed by atoms with Crippen LogP contribution in [0.3, 0.4) is 0 Å². The first-order valence-corrected chi connectivity index (χ1v) is 12.4. The highest BCUT2D eigenvalue weighted by molar-refractivity contribution is 7.13. The van der Waals surface area contributed by atoms with E-state index >= 15 is 0 Å². The molecule has 0 spiro atoms. The largest absolute Gasteiger partial charge is 0.507 e. The minimum atomic E-state index is -0.927. The Labute approximate surface area is 204 Å². The highest BCUT2D eigenvalue weighted by atomic mass is 32.1. The second kappa shape index (κ2) is 9.89. The number of nitrogens with zero attached hydrogens (tertiary/aromatic N) is 1. The maximum absolute atomic E-state index is 13.0. The van der Waals surface area contributed by atoms with Crippen LogP contribution in [0.15, 0.2) is 46.8 Å². The van der Waals surface area contributed by atoms with Crippen molar-refractivity contribution in [3.05, 3.63) is 69.6 Å². The smallest absolute Gasteiger partial charge is 0.263 e. The fraction of sp³-hybridized carbons (Fsp3) is 0.333. The maximum atomic E-state index is 13.0. The number of carbonyl (C=O) groups excluding carboxylic acids is 1. The number of fused-ring (bicyclic) bond motifs is 1. The number of thiophene rings is 1. The number of rotatable bonds is 7. The van der Waals surface area contributed by atoms with E-state index in [0.29, 0.717) is 25.1 Å². The lowest BCUT2D eigenvalue weighted by Gasteiger charge is -2.36. The lowest BCUT2D eigenvalue weighted by molar-refractivity contribution is -0.136. The van der Waals surface area contributed by atoms with Crippen LogP contribution < -0.4 is 15.4 Å². The van der Waals surface area contributed by atoms with Gasteiger partial charge in [0.15, 0.2) is 5.60 Å². The standard InChI is InChI=1S/C27H31N3O3S/c1-17-18(2)25-22(19(3)24(17)31)11-13-27(4,33-25)26(32)28-14-12-20-7-9-21(10-8-20)29-16-30-23-6-5-15-34-23/h5-10,15-16,31H,11-14H2,1-4H3,(H,28,32)(H,29,30). The second-order valence-electron chi connectivity index (χ2n) is 8.92. The van der Waals surface area contributed by atoms with Gasteiger partial charge in [-0.3, -0.25) is 4.79 Å². The van der Waals surface area contributed by atoms with Gasteiger partial charge in [0.1, 0.15) is 16.5 Å².